The lowest BCUT2D eigenvalue weighted by atomic mass is 9.79. The Hall–Kier alpha value is -1.18. The molecule has 1 aromatic rings. The van der Waals surface area contributed by atoms with E-state index in [0.717, 1.165) is 50.0 Å². The fraction of sp³-hybridized carbons (Fsp3) is 0.636. The zero-order valence-corrected chi connectivity index (χ0v) is 15.3. The van der Waals surface area contributed by atoms with Crippen LogP contribution in [0.15, 0.2) is 35.9 Å². The predicted molar refractivity (Wildman–Crippen MR) is 98.4 cm³/mol. The van der Waals surface area contributed by atoms with Crippen LogP contribution < -0.4 is 0 Å². The van der Waals surface area contributed by atoms with E-state index in [4.69, 9.17) is 0 Å². The third-order valence-corrected chi connectivity index (χ3v) is 5.36. The van der Waals surface area contributed by atoms with Gasteiger partial charge >= 0.3 is 0 Å². The summed E-state index contributed by atoms with van der Waals surface area (Å²) in [6, 6.07) is 8.30. The molecule has 1 aromatic carbocycles. The highest BCUT2D eigenvalue weighted by Crippen LogP contribution is 2.37. The summed E-state index contributed by atoms with van der Waals surface area (Å²) in [6.45, 7) is 4.35. The van der Waals surface area contributed by atoms with Gasteiger partial charge in [-0.1, -0.05) is 57.4 Å². The minimum Gasteiger partial charge on any atom is -0.209 e. The molecule has 1 fully saturated rings. The van der Waals surface area contributed by atoms with Gasteiger partial charge < -0.3 is 0 Å². The molecule has 0 spiro atoms. The first-order valence-corrected chi connectivity index (χ1v) is 9.75. The Morgan fingerprint density at radius 3 is 2.00 bits per heavy atom. The number of benzene rings is 1. The molecule has 2 heteroatoms. The Kier molecular flexibility index (Phi) is 7.94. The fourth-order valence-electron chi connectivity index (χ4n) is 3.87. The number of rotatable bonds is 8. The second kappa shape index (κ2) is 9.96. The molecule has 0 amide bonds. The average Bonchev–Trinajstić information content (AvgIpc) is 2.61. The number of aryl methyl sites for hydroxylation is 2. The molecular formula is C22H32F2. The fourth-order valence-corrected chi connectivity index (χ4v) is 3.87. The average molecular weight is 334 g/mol. The second-order valence-corrected chi connectivity index (χ2v) is 7.33. The Labute approximate surface area is 146 Å². The molecule has 0 aromatic heterocycles. The van der Waals surface area contributed by atoms with Crippen LogP contribution in [0.3, 0.4) is 0 Å². The van der Waals surface area contributed by atoms with E-state index < -0.39 is 11.7 Å². The van der Waals surface area contributed by atoms with Crippen molar-refractivity contribution in [1.29, 1.82) is 0 Å². The Morgan fingerprint density at radius 1 is 0.875 bits per heavy atom. The van der Waals surface area contributed by atoms with Gasteiger partial charge in [0.25, 0.3) is 0 Å². The van der Waals surface area contributed by atoms with Crippen molar-refractivity contribution in [3.05, 3.63) is 47.0 Å². The molecule has 24 heavy (non-hydrogen) atoms. The third kappa shape index (κ3) is 5.72. The summed E-state index contributed by atoms with van der Waals surface area (Å²) in [6.07, 6.45) is 9.13. The molecule has 2 rings (SSSR count). The van der Waals surface area contributed by atoms with Crippen LogP contribution >= 0.6 is 0 Å². The molecule has 1 aliphatic rings. The Morgan fingerprint density at radius 2 is 1.46 bits per heavy atom. The summed E-state index contributed by atoms with van der Waals surface area (Å²) >= 11 is 0. The predicted octanol–water partition coefficient (Wildman–Crippen LogP) is 7.33. The normalized spacial score (nSPS) is 22.3. The zero-order chi connectivity index (χ0) is 17.4. The van der Waals surface area contributed by atoms with E-state index >= 15 is 0 Å². The van der Waals surface area contributed by atoms with E-state index in [0.29, 0.717) is 6.42 Å². The lowest BCUT2D eigenvalue weighted by Gasteiger charge is -2.27. The molecule has 0 N–H and O–H groups in total. The van der Waals surface area contributed by atoms with Crippen molar-refractivity contribution in [3.8, 4) is 0 Å². The molecule has 1 aliphatic carbocycles. The minimum absolute atomic E-state index is 0.176. The summed E-state index contributed by atoms with van der Waals surface area (Å²) in [5.74, 6) is -0.437. The number of allylic oxidation sites excluding steroid dienone is 2. The number of halogens is 2. The van der Waals surface area contributed by atoms with E-state index in [1.807, 2.05) is 12.1 Å². The van der Waals surface area contributed by atoms with Gasteiger partial charge in [-0.2, -0.15) is 0 Å². The van der Waals surface area contributed by atoms with Crippen molar-refractivity contribution >= 4 is 0 Å². The van der Waals surface area contributed by atoms with Crippen LogP contribution in [-0.2, 0) is 12.8 Å². The van der Waals surface area contributed by atoms with Gasteiger partial charge in [0.05, 0.1) is 0 Å². The van der Waals surface area contributed by atoms with E-state index in [9.17, 15) is 8.78 Å². The first kappa shape index (κ1) is 19.1. The minimum atomic E-state index is -0.522. The van der Waals surface area contributed by atoms with E-state index in [-0.39, 0.29) is 12.3 Å². The molecule has 134 valence electrons. The monoisotopic (exact) mass is 334 g/mol. The van der Waals surface area contributed by atoms with Crippen LogP contribution in [0.2, 0.25) is 0 Å². The molecule has 0 unspecified atom stereocenters. The molecule has 0 nitrogen and oxygen atoms in total. The molecule has 0 heterocycles. The first-order valence-electron chi connectivity index (χ1n) is 9.75. The van der Waals surface area contributed by atoms with Crippen molar-refractivity contribution in [2.75, 3.05) is 0 Å². The highest BCUT2D eigenvalue weighted by molar-refractivity contribution is 5.23. The topological polar surface area (TPSA) is 0 Å². The standard InChI is InChI=1S/C22H32F2/c1-3-5-17-7-9-19(10-8-17)13-16-21(23)22(24)20-14-11-18(6-4-2)12-15-20/h7-10,18,20H,3-6,11-16H2,1-2H3/b22-21+. The molecule has 0 aliphatic heterocycles. The van der Waals surface area contributed by atoms with Crippen LogP contribution in [-0.4, -0.2) is 0 Å². The molecule has 1 saturated carbocycles. The second-order valence-electron chi connectivity index (χ2n) is 7.33. The van der Waals surface area contributed by atoms with Gasteiger partial charge in [-0.05, 0) is 55.6 Å². The van der Waals surface area contributed by atoms with E-state index in [1.165, 1.54) is 18.4 Å². The van der Waals surface area contributed by atoms with Crippen LogP contribution in [0.4, 0.5) is 8.78 Å². The third-order valence-electron chi connectivity index (χ3n) is 5.36. The van der Waals surface area contributed by atoms with Gasteiger partial charge in [-0.25, -0.2) is 8.78 Å². The maximum Gasteiger partial charge on any atom is 0.134 e. The van der Waals surface area contributed by atoms with Crippen LogP contribution in [0.25, 0.3) is 0 Å². The molecular weight excluding hydrogens is 302 g/mol. The summed E-state index contributed by atoms with van der Waals surface area (Å²) in [5, 5.41) is 0. The molecule has 0 atom stereocenters. The van der Waals surface area contributed by atoms with Crippen LogP contribution in [0, 0.1) is 11.8 Å². The van der Waals surface area contributed by atoms with Crippen molar-refractivity contribution in [2.24, 2.45) is 11.8 Å². The van der Waals surface area contributed by atoms with Gasteiger partial charge in [0.15, 0.2) is 0 Å². The quantitative estimate of drug-likeness (QED) is 0.467. The van der Waals surface area contributed by atoms with Crippen molar-refractivity contribution in [1.82, 2.24) is 0 Å². The van der Waals surface area contributed by atoms with E-state index in [1.54, 1.807) is 0 Å². The SMILES string of the molecule is CCCc1ccc(CC/C(F)=C(\F)C2CCC(CCC)CC2)cc1. The maximum atomic E-state index is 14.4. The van der Waals surface area contributed by atoms with Gasteiger partial charge in [-0.15, -0.1) is 0 Å². The largest absolute Gasteiger partial charge is 0.209 e. The van der Waals surface area contributed by atoms with Crippen LogP contribution in [0.5, 0.6) is 0 Å². The highest BCUT2D eigenvalue weighted by Gasteiger charge is 2.25. The Bertz CT molecular complexity index is 507. The summed E-state index contributed by atoms with van der Waals surface area (Å²) in [7, 11) is 0. The molecule has 0 saturated heterocycles. The summed E-state index contributed by atoms with van der Waals surface area (Å²) < 4.78 is 28.6. The summed E-state index contributed by atoms with van der Waals surface area (Å²) in [5.41, 5.74) is 2.40. The van der Waals surface area contributed by atoms with Gasteiger partial charge in [-0.3, -0.25) is 0 Å². The van der Waals surface area contributed by atoms with Crippen molar-refractivity contribution in [3.63, 3.8) is 0 Å². The molecule has 0 radical (unpaired) electrons. The summed E-state index contributed by atoms with van der Waals surface area (Å²) in [4.78, 5) is 0. The number of hydrogen-bond acceptors (Lipinski definition) is 0. The number of hydrogen-bond donors (Lipinski definition) is 0. The lowest BCUT2D eigenvalue weighted by Crippen LogP contribution is -2.15. The van der Waals surface area contributed by atoms with Gasteiger partial charge in [0.2, 0.25) is 0 Å². The van der Waals surface area contributed by atoms with Crippen molar-refractivity contribution in [2.45, 2.75) is 78.1 Å². The highest BCUT2D eigenvalue weighted by atomic mass is 19.2. The first-order chi connectivity index (χ1) is 11.6. The zero-order valence-electron chi connectivity index (χ0n) is 15.3. The smallest absolute Gasteiger partial charge is 0.134 e. The maximum absolute atomic E-state index is 14.4. The van der Waals surface area contributed by atoms with Gasteiger partial charge in [0, 0.05) is 12.3 Å². The Balaban J connectivity index is 1.83. The molecule has 0 bridgehead atoms. The lowest BCUT2D eigenvalue weighted by molar-refractivity contribution is 0.254. The van der Waals surface area contributed by atoms with Crippen molar-refractivity contribution < 1.29 is 8.78 Å². The van der Waals surface area contributed by atoms with Crippen LogP contribution in [0.1, 0.15) is 76.3 Å². The van der Waals surface area contributed by atoms with E-state index in [2.05, 4.69) is 26.0 Å². The van der Waals surface area contributed by atoms with Gasteiger partial charge in [0.1, 0.15) is 11.7 Å².